The van der Waals surface area contributed by atoms with Crippen LogP contribution in [0.3, 0.4) is 0 Å². The Labute approximate surface area is 136 Å². The number of rotatable bonds is 5. The highest BCUT2D eigenvalue weighted by molar-refractivity contribution is 5.80. The average Bonchev–Trinajstić information content (AvgIpc) is 2.79. The van der Waals surface area contributed by atoms with Gasteiger partial charge >= 0.3 is 5.97 Å². The number of hydrogen-bond acceptors (Lipinski definition) is 3. The predicted molar refractivity (Wildman–Crippen MR) is 88.9 cm³/mol. The van der Waals surface area contributed by atoms with Crippen molar-refractivity contribution in [3.63, 3.8) is 0 Å². The maximum Gasteiger partial charge on any atom is 0.315 e. The summed E-state index contributed by atoms with van der Waals surface area (Å²) in [7, 11) is 0. The lowest BCUT2D eigenvalue weighted by molar-refractivity contribution is -0.148. The van der Waals surface area contributed by atoms with Crippen LogP contribution in [0.4, 0.5) is 0 Å². The predicted octanol–water partition coefficient (Wildman–Crippen LogP) is 3.15. The van der Waals surface area contributed by atoms with Crippen molar-refractivity contribution < 1.29 is 14.6 Å². The van der Waals surface area contributed by atoms with Gasteiger partial charge in [-0.15, -0.1) is 0 Å². The quantitative estimate of drug-likeness (QED) is 0.863. The van der Waals surface area contributed by atoms with E-state index in [0.29, 0.717) is 12.8 Å². The van der Waals surface area contributed by atoms with Crippen LogP contribution >= 0.6 is 0 Å². The fourth-order valence-corrected chi connectivity index (χ4v) is 3.23. The molecule has 1 saturated heterocycles. The zero-order chi connectivity index (χ0) is 16.3. The second-order valence-corrected chi connectivity index (χ2v) is 6.49. The molecule has 3 rings (SSSR count). The van der Waals surface area contributed by atoms with Crippen LogP contribution < -0.4 is 0 Å². The van der Waals surface area contributed by atoms with Gasteiger partial charge in [0.2, 0.25) is 0 Å². The van der Waals surface area contributed by atoms with Crippen molar-refractivity contribution in [3.8, 4) is 0 Å². The summed E-state index contributed by atoms with van der Waals surface area (Å²) in [5.74, 6) is -0.299. The molecule has 0 saturated carbocycles. The summed E-state index contributed by atoms with van der Waals surface area (Å²) >= 11 is 0. The number of carbonyl (C=O) groups is 1. The summed E-state index contributed by atoms with van der Waals surface area (Å²) in [5.41, 5.74) is 1.35. The molecule has 0 aromatic heterocycles. The number of ether oxygens (including phenoxy) is 1. The number of aryl methyl sites for hydroxylation is 1. The Kier molecular flexibility index (Phi) is 4.49. The van der Waals surface area contributed by atoms with E-state index in [2.05, 4.69) is 0 Å². The molecule has 0 aliphatic carbocycles. The minimum absolute atomic E-state index is 0.299. The molecule has 1 fully saturated rings. The van der Waals surface area contributed by atoms with Gasteiger partial charge in [0.25, 0.3) is 0 Å². The van der Waals surface area contributed by atoms with Gasteiger partial charge in [0.05, 0.1) is 5.41 Å². The van der Waals surface area contributed by atoms with Gasteiger partial charge in [-0.2, -0.15) is 0 Å². The Balaban J connectivity index is 1.68. The largest absolute Gasteiger partial charge is 0.459 e. The number of esters is 1. The summed E-state index contributed by atoms with van der Waals surface area (Å²) in [5, 5.41) is 10.7. The number of cyclic esters (lactones) is 1. The molecule has 0 spiro atoms. The lowest BCUT2D eigenvalue weighted by Crippen LogP contribution is -2.38. The smallest absolute Gasteiger partial charge is 0.315 e. The minimum atomic E-state index is -0.872. The van der Waals surface area contributed by atoms with Gasteiger partial charge in [-0.05, 0) is 37.3 Å². The summed E-state index contributed by atoms with van der Waals surface area (Å²) in [4.78, 5) is 12.4. The van der Waals surface area contributed by atoms with Gasteiger partial charge in [0.1, 0.15) is 12.2 Å². The molecule has 1 aliphatic heterocycles. The first-order valence-electron chi connectivity index (χ1n) is 8.06. The lowest BCUT2D eigenvalue weighted by Gasteiger charge is -2.24. The fourth-order valence-electron chi connectivity index (χ4n) is 3.23. The summed E-state index contributed by atoms with van der Waals surface area (Å²) < 4.78 is 5.49. The van der Waals surface area contributed by atoms with Crippen molar-refractivity contribution in [1.82, 2.24) is 0 Å². The van der Waals surface area contributed by atoms with Crippen molar-refractivity contribution in [2.24, 2.45) is 5.41 Å². The third-order valence-electron chi connectivity index (χ3n) is 4.70. The molecule has 23 heavy (non-hydrogen) atoms. The summed E-state index contributed by atoms with van der Waals surface area (Å²) in [6.07, 6.45) is 0.712. The van der Waals surface area contributed by atoms with Gasteiger partial charge in [-0.1, -0.05) is 60.7 Å². The van der Waals surface area contributed by atoms with E-state index in [4.69, 9.17) is 4.74 Å². The van der Waals surface area contributed by atoms with E-state index in [1.807, 2.05) is 60.7 Å². The number of benzene rings is 2. The van der Waals surface area contributed by atoms with Gasteiger partial charge in [0, 0.05) is 0 Å². The third-order valence-corrected chi connectivity index (χ3v) is 4.70. The molecule has 3 nitrogen and oxygen atoms in total. The van der Waals surface area contributed by atoms with Crippen LogP contribution in [0.2, 0.25) is 0 Å². The van der Waals surface area contributed by atoms with E-state index < -0.39 is 17.6 Å². The van der Waals surface area contributed by atoms with Gasteiger partial charge in [-0.25, -0.2) is 0 Å². The van der Waals surface area contributed by atoms with Crippen molar-refractivity contribution in [2.75, 3.05) is 0 Å². The molecule has 0 radical (unpaired) electrons. The number of aliphatic hydroxyl groups is 1. The van der Waals surface area contributed by atoms with E-state index in [1.54, 1.807) is 6.92 Å². The minimum Gasteiger partial charge on any atom is -0.459 e. The zero-order valence-corrected chi connectivity index (χ0v) is 13.3. The summed E-state index contributed by atoms with van der Waals surface area (Å²) in [6.45, 7) is 1.80. The van der Waals surface area contributed by atoms with Gasteiger partial charge < -0.3 is 9.84 Å². The van der Waals surface area contributed by atoms with Crippen molar-refractivity contribution >= 4 is 5.97 Å². The van der Waals surface area contributed by atoms with Gasteiger partial charge in [0.15, 0.2) is 0 Å². The Hall–Kier alpha value is -2.13. The van der Waals surface area contributed by atoms with Crippen molar-refractivity contribution in [3.05, 3.63) is 71.8 Å². The Morgan fingerprint density at radius 1 is 1.00 bits per heavy atom. The molecule has 2 aromatic rings. The monoisotopic (exact) mass is 310 g/mol. The molecule has 120 valence electrons. The van der Waals surface area contributed by atoms with E-state index in [9.17, 15) is 9.90 Å². The Morgan fingerprint density at radius 3 is 2.17 bits per heavy atom. The zero-order valence-electron chi connectivity index (χ0n) is 13.3. The molecule has 1 heterocycles. The van der Waals surface area contributed by atoms with Crippen LogP contribution in [0.15, 0.2) is 60.7 Å². The molecule has 3 heteroatoms. The second kappa shape index (κ2) is 6.55. The maximum atomic E-state index is 12.4. The van der Waals surface area contributed by atoms with Crippen molar-refractivity contribution in [2.45, 2.75) is 38.4 Å². The molecule has 1 N–H and O–H groups in total. The molecular weight excluding hydrogens is 288 g/mol. The third kappa shape index (κ3) is 3.30. The highest BCUT2D eigenvalue weighted by Crippen LogP contribution is 2.38. The van der Waals surface area contributed by atoms with Crippen LogP contribution in [-0.2, 0) is 22.4 Å². The van der Waals surface area contributed by atoms with Gasteiger partial charge in [-0.3, -0.25) is 4.79 Å². The van der Waals surface area contributed by atoms with Crippen LogP contribution in [0.1, 0.15) is 24.5 Å². The van der Waals surface area contributed by atoms with Crippen molar-refractivity contribution in [1.29, 1.82) is 0 Å². The topological polar surface area (TPSA) is 46.5 Å². The SMILES string of the molecule is C[C@@]1(Cc2ccccc2)C(=O)O[C@H](CCc2ccccc2)[C@@H]1O. The van der Waals surface area contributed by atoms with E-state index in [-0.39, 0.29) is 5.97 Å². The molecule has 0 bridgehead atoms. The Morgan fingerprint density at radius 2 is 1.57 bits per heavy atom. The van der Waals surface area contributed by atoms with Crippen LogP contribution in [-0.4, -0.2) is 23.3 Å². The molecule has 1 aliphatic rings. The summed E-state index contributed by atoms with van der Waals surface area (Å²) in [6, 6.07) is 19.8. The first-order valence-corrected chi connectivity index (χ1v) is 8.06. The standard InChI is InChI=1S/C20H22O3/c1-20(14-16-10-6-3-7-11-16)18(21)17(23-19(20)22)13-12-15-8-4-2-5-9-15/h2-11,17-18,21H,12-14H2,1H3/t17-,18+,20+/m1/s1. The Bertz CT molecular complexity index is 653. The molecule has 0 amide bonds. The number of carbonyl (C=O) groups excluding carboxylic acids is 1. The number of hydrogen-bond donors (Lipinski definition) is 1. The normalized spacial score (nSPS) is 27.0. The molecular formula is C20H22O3. The molecule has 2 aromatic carbocycles. The van der Waals surface area contributed by atoms with E-state index >= 15 is 0 Å². The van der Waals surface area contributed by atoms with E-state index in [0.717, 1.165) is 12.0 Å². The molecule has 0 unspecified atom stereocenters. The van der Waals surface area contributed by atoms with Crippen LogP contribution in [0.25, 0.3) is 0 Å². The van der Waals surface area contributed by atoms with Crippen LogP contribution in [0.5, 0.6) is 0 Å². The van der Waals surface area contributed by atoms with E-state index in [1.165, 1.54) is 5.56 Å². The average molecular weight is 310 g/mol. The lowest BCUT2D eigenvalue weighted by atomic mass is 9.78. The second-order valence-electron chi connectivity index (χ2n) is 6.49. The first-order chi connectivity index (χ1) is 11.1. The highest BCUT2D eigenvalue weighted by atomic mass is 16.6. The first kappa shape index (κ1) is 15.8. The maximum absolute atomic E-state index is 12.4. The fraction of sp³-hybridized carbons (Fsp3) is 0.350. The molecule has 3 atom stereocenters. The van der Waals surface area contributed by atoms with Crippen LogP contribution in [0, 0.1) is 5.41 Å². The highest BCUT2D eigenvalue weighted by Gasteiger charge is 2.53. The number of aliphatic hydroxyl groups excluding tert-OH is 1.